The third-order valence-electron chi connectivity index (χ3n) is 1.50. The Morgan fingerprint density at radius 2 is 2.38 bits per heavy atom. The summed E-state index contributed by atoms with van der Waals surface area (Å²) in [4.78, 5) is 4.84. The minimum Gasteiger partial charge on any atom is -0.342 e. The quantitative estimate of drug-likeness (QED) is 0.769. The summed E-state index contributed by atoms with van der Waals surface area (Å²) in [6.45, 7) is 3.85. The van der Waals surface area contributed by atoms with Crippen molar-refractivity contribution in [3.63, 3.8) is 0 Å². The van der Waals surface area contributed by atoms with Crippen molar-refractivity contribution in [2.75, 3.05) is 0 Å². The fraction of sp³-hybridized carbons (Fsp3) is 0. The maximum Gasteiger partial charge on any atom is 0.214 e. The second kappa shape index (κ2) is 3.32. The summed E-state index contributed by atoms with van der Waals surface area (Å²) in [6.07, 6.45) is 1.27. The van der Waals surface area contributed by atoms with Crippen LogP contribution in [0.15, 0.2) is 29.6 Å². The lowest BCUT2D eigenvalue weighted by molar-refractivity contribution is 0.415. The zero-order valence-corrected chi connectivity index (χ0v) is 8.10. The molecule has 0 saturated carbocycles. The number of aromatic nitrogens is 2. The Kier molecular flexibility index (Phi) is 2.16. The lowest BCUT2D eigenvalue weighted by atomic mass is 10.2. The van der Waals surface area contributed by atoms with Crippen LogP contribution in [0.25, 0.3) is 5.57 Å². The van der Waals surface area contributed by atoms with Crippen LogP contribution < -0.4 is 0 Å². The van der Waals surface area contributed by atoms with Gasteiger partial charge in [-0.2, -0.15) is 4.98 Å². The van der Waals surface area contributed by atoms with E-state index in [0.717, 1.165) is 14.8 Å². The average Bonchev–Trinajstić information content (AvgIpc) is 2.72. The lowest BCUT2D eigenvalue weighted by Gasteiger charge is -1.93. The number of nitrogens with zero attached hydrogens (tertiary/aromatic N) is 2. The predicted molar refractivity (Wildman–Crippen MR) is 51.8 cm³/mol. The molecule has 66 valence electrons. The summed E-state index contributed by atoms with van der Waals surface area (Å²) < 4.78 is 5.34. The van der Waals surface area contributed by atoms with Gasteiger partial charge in [-0.3, -0.25) is 0 Å². The normalized spacial score (nSPS) is 10.2. The largest absolute Gasteiger partial charge is 0.342 e. The molecule has 0 aliphatic heterocycles. The van der Waals surface area contributed by atoms with Crippen LogP contribution in [-0.2, 0) is 0 Å². The van der Waals surface area contributed by atoms with E-state index in [1.165, 1.54) is 17.7 Å². The molecule has 0 spiro atoms. The standard InChI is InChI=1S/C8H5ClN2OS/c1-5(8-10-4-12-11-8)6-2-3-7(9)13-6/h2-4H,1H2. The molecular weight excluding hydrogens is 208 g/mol. The highest BCUT2D eigenvalue weighted by molar-refractivity contribution is 7.17. The molecule has 2 aromatic heterocycles. The van der Waals surface area contributed by atoms with E-state index in [-0.39, 0.29) is 0 Å². The Morgan fingerprint density at radius 1 is 1.54 bits per heavy atom. The van der Waals surface area contributed by atoms with E-state index in [1.54, 1.807) is 0 Å². The molecule has 5 heteroatoms. The molecule has 0 aliphatic rings. The highest BCUT2D eigenvalue weighted by Crippen LogP contribution is 2.28. The van der Waals surface area contributed by atoms with Crippen LogP contribution in [0.3, 0.4) is 0 Å². The third kappa shape index (κ3) is 1.64. The average molecular weight is 213 g/mol. The molecule has 0 aliphatic carbocycles. The van der Waals surface area contributed by atoms with Crippen LogP contribution in [0.4, 0.5) is 0 Å². The van der Waals surface area contributed by atoms with Crippen molar-refractivity contribution in [2.24, 2.45) is 0 Å². The van der Waals surface area contributed by atoms with Crippen LogP contribution >= 0.6 is 22.9 Å². The summed E-state index contributed by atoms with van der Waals surface area (Å²) in [5, 5.41) is 3.68. The zero-order valence-electron chi connectivity index (χ0n) is 6.53. The Balaban J connectivity index is 2.33. The summed E-state index contributed by atoms with van der Waals surface area (Å²) in [6, 6.07) is 3.69. The molecular formula is C8H5ClN2OS. The Labute approximate surface area is 83.7 Å². The minimum absolute atomic E-state index is 0.499. The Morgan fingerprint density at radius 3 is 2.92 bits per heavy atom. The monoisotopic (exact) mass is 212 g/mol. The molecule has 0 atom stereocenters. The van der Waals surface area contributed by atoms with Crippen LogP contribution in [0.2, 0.25) is 4.34 Å². The van der Waals surface area contributed by atoms with Gasteiger partial charge < -0.3 is 4.52 Å². The van der Waals surface area contributed by atoms with Crippen LogP contribution in [0.1, 0.15) is 10.7 Å². The van der Waals surface area contributed by atoms with E-state index < -0.39 is 0 Å². The summed E-state index contributed by atoms with van der Waals surface area (Å²) in [5.74, 6) is 0.499. The predicted octanol–water partition coefficient (Wildman–Crippen LogP) is 2.85. The summed E-state index contributed by atoms with van der Waals surface area (Å²) >= 11 is 7.22. The smallest absolute Gasteiger partial charge is 0.214 e. The number of hydrogen-bond acceptors (Lipinski definition) is 4. The first kappa shape index (κ1) is 8.47. The van der Waals surface area contributed by atoms with Gasteiger partial charge in [0.1, 0.15) is 0 Å². The van der Waals surface area contributed by atoms with Gasteiger partial charge in [0.15, 0.2) is 0 Å². The minimum atomic E-state index is 0.499. The van der Waals surface area contributed by atoms with Gasteiger partial charge in [0.2, 0.25) is 12.2 Å². The second-order valence-corrected chi connectivity index (χ2v) is 4.05. The fourth-order valence-corrected chi connectivity index (χ4v) is 1.90. The van der Waals surface area contributed by atoms with Crippen molar-refractivity contribution in [3.8, 4) is 0 Å². The van der Waals surface area contributed by atoms with Crippen molar-refractivity contribution in [2.45, 2.75) is 0 Å². The molecule has 0 amide bonds. The van der Waals surface area contributed by atoms with Gasteiger partial charge in [0, 0.05) is 10.5 Å². The number of thiophene rings is 1. The highest BCUT2D eigenvalue weighted by Gasteiger charge is 2.08. The van der Waals surface area contributed by atoms with Gasteiger partial charge in [0.05, 0.1) is 4.34 Å². The van der Waals surface area contributed by atoms with Crippen LogP contribution in [0, 0.1) is 0 Å². The van der Waals surface area contributed by atoms with Crippen molar-refractivity contribution in [3.05, 3.63) is 40.1 Å². The lowest BCUT2D eigenvalue weighted by Crippen LogP contribution is -1.84. The first-order chi connectivity index (χ1) is 6.27. The van der Waals surface area contributed by atoms with Crippen LogP contribution in [0.5, 0.6) is 0 Å². The van der Waals surface area contributed by atoms with E-state index in [9.17, 15) is 0 Å². The van der Waals surface area contributed by atoms with Crippen molar-refractivity contribution >= 4 is 28.5 Å². The van der Waals surface area contributed by atoms with Gasteiger partial charge in [-0.1, -0.05) is 23.3 Å². The zero-order chi connectivity index (χ0) is 9.26. The third-order valence-corrected chi connectivity index (χ3v) is 2.79. The topological polar surface area (TPSA) is 38.9 Å². The van der Waals surface area contributed by atoms with Crippen molar-refractivity contribution in [1.82, 2.24) is 10.1 Å². The molecule has 3 nitrogen and oxygen atoms in total. The number of halogens is 1. The SMILES string of the molecule is C=C(c1ncon1)c1ccc(Cl)s1. The van der Waals surface area contributed by atoms with E-state index in [0.29, 0.717) is 5.82 Å². The molecule has 0 radical (unpaired) electrons. The highest BCUT2D eigenvalue weighted by atomic mass is 35.5. The van der Waals surface area contributed by atoms with Gasteiger partial charge >= 0.3 is 0 Å². The Hall–Kier alpha value is -1.13. The second-order valence-electron chi connectivity index (χ2n) is 2.34. The molecule has 0 bridgehead atoms. The first-order valence-electron chi connectivity index (χ1n) is 3.49. The summed E-state index contributed by atoms with van der Waals surface area (Å²) in [7, 11) is 0. The summed E-state index contributed by atoms with van der Waals surface area (Å²) in [5.41, 5.74) is 0.727. The van der Waals surface area contributed by atoms with Crippen LogP contribution in [-0.4, -0.2) is 10.1 Å². The molecule has 13 heavy (non-hydrogen) atoms. The Bertz CT molecular complexity index is 421. The molecule has 0 fully saturated rings. The van der Waals surface area contributed by atoms with E-state index in [4.69, 9.17) is 11.6 Å². The van der Waals surface area contributed by atoms with E-state index in [2.05, 4.69) is 21.2 Å². The fourth-order valence-electron chi connectivity index (χ4n) is 0.890. The van der Waals surface area contributed by atoms with Gasteiger partial charge in [-0.05, 0) is 12.1 Å². The maximum atomic E-state index is 5.78. The maximum absolute atomic E-state index is 5.78. The van der Waals surface area contributed by atoms with Gasteiger partial charge in [-0.15, -0.1) is 11.3 Å². The number of rotatable bonds is 2. The molecule has 0 N–H and O–H groups in total. The van der Waals surface area contributed by atoms with Crippen molar-refractivity contribution in [1.29, 1.82) is 0 Å². The van der Waals surface area contributed by atoms with Gasteiger partial charge in [-0.25, -0.2) is 0 Å². The van der Waals surface area contributed by atoms with E-state index in [1.807, 2.05) is 12.1 Å². The van der Waals surface area contributed by atoms with E-state index >= 15 is 0 Å². The van der Waals surface area contributed by atoms with Gasteiger partial charge in [0.25, 0.3) is 0 Å². The molecule has 2 heterocycles. The molecule has 0 unspecified atom stereocenters. The molecule has 2 rings (SSSR count). The molecule has 2 aromatic rings. The first-order valence-corrected chi connectivity index (χ1v) is 4.68. The molecule has 0 saturated heterocycles. The number of hydrogen-bond donors (Lipinski definition) is 0. The molecule has 0 aromatic carbocycles. The van der Waals surface area contributed by atoms with Crippen molar-refractivity contribution < 1.29 is 4.52 Å².